The molecule has 0 rings (SSSR count). The fourth-order valence-corrected chi connectivity index (χ4v) is 0.509. The molecule has 0 aliphatic heterocycles. The maximum atomic E-state index is 10.8. The van der Waals surface area contributed by atoms with Gasteiger partial charge in [0, 0.05) is 7.05 Å². The van der Waals surface area contributed by atoms with Crippen molar-refractivity contribution in [2.75, 3.05) is 14.1 Å². The topological polar surface area (TPSA) is 93.2 Å². The van der Waals surface area contributed by atoms with Gasteiger partial charge in [-0.25, -0.2) is 0 Å². The molecular weight excluding hydrogens is 132 g/mol. The first-order valence-corrected chi connectivity index (χ1v) is 3.03. The zero-order valence-electron chi connectivity index (χ0n) is 6.22. The average molecular weight is 146 g/mol. The number of carbonyl (C=O) groups excluding carboxylic acids is 1. The van der Waals surface area contributed by atoms with Gasteiger partial charge in [0.25, 0.3) is 0 Å². The molecule has 60 valence electrons. The Morgan fingerprint density at radius 3 is 2.20 bits per heavy atom. The van der Waals surface area contributed by atoms with Crippen molar-refractivity contribution < 1.29 is 4.79 Å². The Kier molecular flexibility index (Phi) is 3.94. The van der Waals surface area contributed by atoms with Crippen molar-refractivity contribution in [3.05, 3.63) is 0 Å². The predicted octanol–water partition coefficient (Wildman–Crippen LogP) is -2.44. The summed E-state index contributed by atoms with van der Waals surface area (Å²) in [6, 6.07) is -0.685. The molecule has 0 radical (unpaired) electrons. The highest BCUT2D eigenvalue weighted by Gasteiger charge is 2.17. The van der Waals surface area contributed by atoms with Crippen LogP contribution in [0.25, 0.3) is 0 Å². The lowest BCUT2D eigenvalue weighted by molar-refractivity contribution is -0.122. The molecule has 5 nitrogen and oxygen atoms in total. The van der Waals surface area contributed by atoms with Gasteiger partial charge < -0.3 is 22.1 Å². The van der Waals surface area contributed by atoms with Crippen molar-refractivity contribution in [2.45, 2.75) is 12.2 Å². The molecule has 2 unspecified atom stereocenters. The minimum absolute atomic E-state index is 0.262. The van der Waals surface area contributed by atoms with E-state index in [0.717, 1.165) is 0 Å². The van der Waals surface area contributed by atoms with Gasteiger partial charge in [0.2, 0.25) is 5.91 Å². The second-order valence-electron chi connectivity index (χ2n) is 1.95. The standard InChI is InChI=1S/C5H14N4O/c1-8-4(7)3(6)5(10)9-2/h3-4,8H,6-7H2,1-2H3,(H,9,10). The molecule has 0 aliphatic carbocycles. The third-order valence-electron chi connectivity index (χ3n) is 1.27. The quantitative estimate of drug-likeness (QED) is 0.333. The Labute approximate surface area is 60.1 Å². The summed E-state index contributed by atoms with van der Waals surface area (Å²) in [5.74, 6) is -0.262. The first kappa shape index (κ1) is 9.35. The van der Waals surface area contributed by atoms with Crippen molar-refractivity contribution in [1.82, 2.24) is 10.6 Å². The Morgan fingerprint density at radius 2 is 1.90 bits per heavy atom. The lowest BCUT2D eigenvalue weighted by Crippen LogP contribution is -2.56. The summed E-state index contributed by atoms with van der Waals surface area (Å²) in [6.07, 6.45) is -0.486. The van der Waals surface area contributed by atoms with Gasteiger partial charge in [0.05, 0.1) is 6.17 Å². The number of carbonyl (C=O) groups is 1. The molecule has 1 amide bonds. The van der Waals surface area contributed by atoms with Crippen LogP contribution in [0.5, 0.6) is 0 Å². The summed E-state index contributed by atoms with van der Waals surface area (Å²) in [5.41, 5.74) is 10.8. The van der Waals surface area contributed by atoms with Gasteiger partial charge in [0.1, 0.15) is 6.04 Å². The molecule has 0 aliphatic rings. The molecule has 0 aromatic heterocycles. The molecule has 0 aromatic carbocycles. The summed E-state index contributed by atoms with van der Waals surface area (Å²) in [4.78, 5) is 10.8. The molecular formula is C5H14N4O. The van der Waals surface area contributed by atoms with E-state index in [0.29, 0.717) is 0 Å². The fraction of sp³-hybridized carbons (Fsp3) is 0.800. The summed E-state index contributed by atoms with van der Waals surface area (Å²) in [7, 11) is 3.16. The second kappa shape index (κ2) is 4.21. The number of likely N-dealkylation sites (N-methyl/N-ethyl adjacent to an activating group) is 2. The Hall–Kier alpha value is -0.650. The average Bonchev–Trinajstić information content (AvgIpc) is 2.00. The van der Waals surface area contributed by atoms with E-state index >= 15 is 0 Å². The van der Waals surface area contributed by atoms with E-state index in [1.807, 2.05) is 0 Å². The van der Waals surface area contributed by atoms with Crippen LogP contribution < -0.4 is 22.1 Å². The van der Waals surface area contributed by atoms with Crippen molar-refractivity contribution in [2.24, 2.45) is 11.5 Å². The van der Waals surface area contributed by atoms with E-state index in [2.05, 4.69) is 10.6 Å². The number of rotatable bonds is 3. The molecule has 0 spiro atoms. The van der Waals surface area contributed by atoms with E-state index < -0.39 is 12.2 Å². The molecule has 0 bridgehead atoms. The van der Waals surface area contributed by atoms with Crippen LogP contribution in [0.4, 0.5) is 0 Å². The largest absolute Gasteiger partial charge is 0.358 e. The van der Waals surface area contributed by atoms with Gasteiger partial charge in [-0.2, -0.15) is 0 Å². The minimum Gasteiger partial charge on any atom is -0.358 e. The summed E-state index contributed by atoms with van der Waals surface area (Å²) in [6.45, 7) is 0. The lowest BCUT2D eigenvalue weighted by Gasteiger charge is -2.16. The molecule has 5 heteroatoms. The van der Waals surface area contributed by atoms with Crippen LogP contribution in [0.15, 0.2) is 0 Å². The second-order valence-corrected chi connectivity index (χ2v) is 1.95. The zero-order chi connectivity index (χ0) is 8.15. The highest BCUT2D eigenvalue weighted by Crippen LogP contribution is 1.80. The normalized spacial score (nSPS) is 16.0. The minimum atomic E-state index is -0.685. The third-order valence-corrected chi connectivity index (χ3v) is 1.27. The van der Waals surface area contributed by atoms with Crippen LogP contribution in [-0.2, 0) is 4.79 Å². The van der Waals surface area contributed by atoms with Crippen LogP contribution in [0, 0.1) is 0 Å². The smallest absolute Gasteiger partial charge is 0.239 e. The van der Waals surface area contributed by atoms with Gasteiger partial charge in [0.15, 0.2) is 0 Å². The highest BCUT2D eigenvalue weighted by atomic mass is 16.2. The molecule has 0 fully saturated rings. The number of amides is 1. The van der Waals surface area contributed by atoms with E-state index in [9.17, 15) is 4.79 Å². The predicted molar refractivity (Wildman–Crippen MR) is 39.1 cm³/mol. The number of nitrogens with one attached hydrogen (secondary N) is 2. The van der Waals surface area contributed by atoms with Gasteiger partial charge in [-0.05, 0) is 7.05 Å². The fourth-order valence-electron chi connectivity index (χ4n) is 0.509. The molecule has 10 heavy (non-hydrogen) atoms. The van der Waals surface area contributed by atoms with Crippen LogP contribution >= 0.6 is 0 Å². The van der Waals surface area contributed by atoms with E-state index in [1.165, 1.54) is 7.05 Å². The number of hydrogen-bond donors (Lipinski definition) is 4. The summed E-state index contributed by atoms with van der Waals surface area (Å²) in [5, 5.41) is 5.07. The van der Waals surface area contributed by atoms with Gasteiger partial charge >= 0.3 is 0 Å². The summed E-state index contributed by atoms with van der Waals surface area (Å²) >= 11 is 0. The SMILES string of the molecule is CNC(=O)C(N)C(N)NC. The van der Waals surface area contributed by atoms with Crippen molar-refractivity contribution >= 4 is 5.91 Å². The van der Waals surface area contributed by atoms with Crippen LogP contribution in [0.3, 0.4) is 0 Å². The zero-order valence-corrected chi connectivity index (χ0v) is 6.22. The Bertz CT molecular complexity index is 116. The molecule has 0 saturated heterocycles. The van der Waals surface area contributed by atoms with Crippen LogP contribution in [0.1, 0.15) is 0 Å². The first-order valence-electron chi connectivity index (χ1n) is 3.03. The van der Waals surface area contributed by atoms with Gasteiger partial charge in [-0.3, -0.25) is 4.79 Å². The van der Waals surface area contributed by atoms with Crippen molar-refractivity contribution in [1.29, 1.82) is 0 Å². The van der Waals surface area contributed by atoms with Crippen molar-refractivity contribution in [3.8, 4) is 0 Å². The van der Waals surface area contributed by atoms with Gasteiger partial charge in [-0.1, -0.05) is 0 Å². The monoisotopic (exact) mass is 146 g/mol. The molecule has 0 heterocycles. The number of nitrogens with two attached hydrogens (primary N) is 2. The van der Waals surface area contributed by atoms with Crippen molar-refractivity contribution in [3.63, 3.8) is 0 Å². The highest BCUT2D eigenvalue weighted by molar-refractivity contribution is 5.81. The Balaban J connectivity index is 3.81. The van der Waals surface area contributed by atoms with E-state index in [-0.39, 0.29) is 5.91 Å². The van der Waals surface area contributed by atoms with E-state index in [1.54, 1.807) is 7.05 Å². The maximum absolute atomic E-state index is 10.8. The Morgan fingerprint density at radius 1 is 1.40 bits per heavy atom. The first-order chi connectivity index (χ1) is 4.63. The van der Waals surface area contributed by atoms with Gasteiger partial charge in [-0.15, -0.1) is 0 Å². The van der Waals surface area contributed by atoms with Crippen LogP contribution in [-0.4, -0.2) is 32.2 Å². The van der Waals surface area contributed by atoms with Crippen LogP contribution in [0.2, 0.25) is 0 Å². The van der Waals surface area contributed by atoms with E-state index in [4.69, 9.17) is 11.5 Å². The third kappa shape index (κ3) is 2.30. The summed E-state index contributed by atoms with van der Waals surface area (Å²) < 4.78 is 0. The molecule has 2 atom stereocenters. The maximum Gasteiger partial charge on any atom is 0.239 e. The lowest BCUT2D eigenvalue weighted by atomic mass is 10.2. The number of hydrogen-bond acceptors (Lipinski definition) is 4. The molecule has 0 saturated carbocycles. The molecule has 0 aromatic rings. The molecule has 6 N–H and O–H groups in total.